The molecule has 1 aromatic rings. The zero-order valence-corrected chi connectivity index (χ0v) is 13.1. The van der Waals surface area contributed by atoms with Gasteiger partial charge in [0.2, 0.25) is 0 Å². The molecule has 0 radical (unpaired) electrons. The van der Waals surface area contributed by atoms with Crippen LogP contribution in [0.4, 0.5) is 10.5 Å². The Bertz CT molecular complexity index is 453. The average Bonchev–Trinajstić information content (AvgIpc) is 2.98. The summed E-state index contributed by atoms with van der Waals surface area (Å²) in [5, 5.41) is 6.39. The molecule has 0 saturated carbocycles. The predicted molar refractivity (Wildman–Crippen MR) is 84.9 cm³/mol. The monoisotopic (exact) mass is 291 g/mol. The lowest BCUT2D eigenvalue weighted by Gasteiger charge is -2.29. The van der Waals surface area contributed by atoms with E-state index in [1.165, 1.54) is 6.42 Å². The number of urea groups is 1. The van der Waals surface area contributed by atoms with Gasteiger partial charge in [0, 0.05) is 24.3 Å². The first-order chi connectivity index (χ1) is 10.1. The summed E-state index contributed by atoms with van der Waals surface area (Å²) in [6.45, 7) is 5.89. The Kier molecular flexibility index (Phi) is 5.44. The smallest absolute Gasteiger partial charge is 0.322 e. The van der Waals surface area contributed by atoms with Crippen molar-refractivity contribution in [1.29, 1.82) is 0 Å². The summed E-state index contributed by atoms with van der Waals surface area (Å²) in [5.41, 5.74) is 0.783. The van der Waals surface area contributed by atoms with Gasteiger partial charge >= 0.3 is 6.03 Å². The molecule has 0 aliphatic carbocycles. The molecular formula is C16H25N3O2. The molecule has 0 aromatic heterocycles. The largest absolute Gasteiger partial charge is 0.497 e. The van der Waals surface area contributed by atoms with Gasteiger partial charge in [0.15, 0.2) is 0 Å². The molecule has 1 unspecified atom stereocenters. The van der Waals surface area contributed by atoms with E-state index in [-0.39, 0.29) is 12.1 Å². The summed E-state index contributed by atoms with van der Waals surface area (Å²) in [5.74, 6) is 0.781. The Balaban J connectivity index is 1.96. The Morgan fingerprint density at radius 1 is 1.43 bits per heavy atom. The normalized spacial score (nSPS) is 17.8. The second-order valence-electron chi connectivity index (χ2n) is 5.70. The maximum atomic E-state index is 12.5. The first kappa shape index (κ1) is 15.6. The van der Waals surface area contributed by atoms with Crippen LogP contribution in [0.1, 0.15) is 26.7 Å². The lowest BCUT2D eigenvalue weighted by molar-refractivity contribution is 0.190. The quantitative estimate of drug-likeness (QED) is 0.877. The van der Waals surface area contributed by atoms with Crippen molar-refractivity contribution < 1.29 is 9.53 Å². The van der Waals surface area contributed by atoms with Crippen molar-refractivity contribution in [3.8, 4) is 5.75 Å². The molecule has 5 heteroatoms. The molecule has 2 rings (SSSR count). The minimum atomic E-state index is -0.0520. The molecule has 0 spiro atoms. The van der Waals surface area contributed by atoms with Gasteiger partial charge in [0.1, 0.15) is 5.75 Å². The van der Waals surface area contributed by atoms with Gasteiger partial charge in [0.05, 0.1) is 7.11 Å². The number of carbonyl (C=O) groups is 1. The summed E-state index contributed by atoms with van der Waals surface area (Å²) in [4.78, 5) is 14.3. The molecule has 2 amide bonds. The van der Waals surface area contributed by atoms with Gasteiger partial charge in [-0.05, 0) is 57.5 Å². The van der Waals surface area contributed by atoms with Crippen LogP contribution in [0.5, 0.6) is 5.75 Å². The van der Waals surface area contributed by atoms with E-state index >= 15 is 0 Å². The van der Waals surface area contributed by atoms with Crippen molar-refractivity contribution in [3.63, 3.8) is 0 Å². The van der Waals surface area contributed by atoms with Crippen molar-refractivity contribution in [2.45, 2.75) is 38.8 Å². The molecule has 1 aliphatic rings. The molecule has 1 fully saturated rings. The molecule has 1 heterocycles. The highest BCUT2D eigenvalue weighted by Gasteiger charge is 2.23. The second kappa shape index (κ2) is 7.31. The van der Waals surface area contributed by atoms with Crippen LogP contribution in [-0.2, 0) is 0 Å². The summed E-state index contributed by atoms with van der Waals surface area (Å²) < 4.78 is 5.12. The third-order valence-corrected chi connectivity index (χ3v) is 3.80. The van der Waals surface area contributed by atoms with Gasteiger partial charge in [-0.2, -0.15) is 0 Å². The minimum absolute atomic E-state index is 0.0520. The molecule has 1 aromatic carbocycles. The molecule has 5 nitrogen and oxygen atoms in total. The van der Waals surface area contributed by atoms with E-state index in [0.717, 1.165) is 30.9 Å². The maximum Gasteiger partial charge on any atom is 0.322 e. The van der Waals surface area contributed by atoms with Gasteiger partial charge < -0.3 is 20.3 Å². The summed E-state index contributed by atoms with van der Waals surface area (Å²) >= 11 is 0. The third-order valence-electron chi connectivity index (χ3n) is 3.80. The van der Waals surface area contributed by atoms with E-state index in [9.17, 15) is 4.79 Å². The highest BCUT2D eigenvalue weighted by molar-refractivity contribution is 5.89. The van der Waals surface area contributed by atoms with Crippen LogP contribution in [0, 0.1) is 0 Å². The molecule has 1 atom stereocenters. The molecule has 1 saturated heterocycles. The van der Waals surface area contributed by atoms with Crippen molar-refractivity contribution in [3.05, 3.63) is 24.3 Å². The van der Waals surface area contributed by atoms with Crippen molar-refractivity contribution in [2.24, 2.45) is 0 Å². The van der Waals surface area contributed by atoms with E-state index in [1.807, 2.05) is 43.0 Å². The first-order valence-corrected chi connectivity index (χ1v) is 7.55. The van der Waals surface area contributed by atoms with E-state index in [1.54, 1.807) is 7.11 Å². The van der Waals surface area contributed by atoms with E-state index in [0.29, 0.717) is 6.04 Å². The van der Waals surface area contributed by atoms with Crippen molar-refractivity contribution in [2.75, 3.05) is 25.5 Å². The van der Waals surface area contributed by atoms with Crippen molar-refractivity contribution >= 4 is 11.7 Å². The number of carbonyl (C=O) groups excluding carboxylic acids is 1. The van der Waals surface area contributed by atoms with Crippen LogP contribution < -0.4 is 15.4 Å². The number of hydrogen-bond acceptors (Lipinski definition) is 3. The van der Waals surface area contributed by atoms with Crippen molar-refractivity contribution in [1.82, 2.24) is 10.2 Å². The number of nitrogens with one attached hydrogen (secondary N) is 2. The fraction of sp³-hybridized carbons (Fsp3) is 0.562. The Morgan fingerprint density at radius 3 is 2.67 bits per heavy atom. The Morgan fingerprint density at radius 2 is 2.14 bits per heavy atom. The van der Waals surface area contributed by atoms with Crippen LogP contribution in [0.2, 0.25) is 0 Å². The van der Waals surface area contributed by atoms with Gasteiger partial charge in [-0.25, -0.2) is 4.79 Å². The summed E-state index contributed by atoms with van der Waals surface area (Å²) in [6, 6.07) is 7.91. The number of amides is 2. The van der Waals surface area contributed by atoms with Crippen LogP contribution in [0.15, 0.2) is 24.3 Å². The lowest BCUT2D eigenvalue weighted by Crippen LogP contribution is -2.46. The highest BCUT2D eigenvalue weighted by Crippen LogP contribution is 2.16. The van der Waals surface area contributed by atoms with E-state index in [4.69, 9.17) is 4.74 Å². The Hall–Kier alpha value is -1.75. The zero-order valence-electron chi connectivity index (χ0n) is 13.1. The van der Waals surface area contributed by atoms with Crippen LogP contribution in [0.3, 0.4) is 0 Å². The number of rotatable bonds is 5. The van der Waals surface area contributed by atoms with Gasteiger partial charge in [-0.1, -0.05) is 0 Å². The third kappa shape index (κ3) is 4.36. The van der Waals surface area contributed by atoms with Crippen LogP contribution >= 0.6 is 0 Å². The second-order valence-corrected chi connectivity index (χ2v) is 5.70. The van der Waals surface area contributed by atoms with Crippen LogP contribution in [-0.4, -0.2) is 43.2 Å². The predicted octanol–water partition coefficient (Wildman–Crippen LogP) is 2.69. The SMILES string of the molecule is COc1ccc(NC(=O)N(CC2CCCN2)C(C)C)cc1. The fourth-order valence-electron chi connectivity index (χ4n) is 2.55. The van der Waals surface area contributed by atoms with E-state index < -0.39 is 0 Å². The molecule has 21 heavy (non-hydrogen) atoms. The maximum absolute atomic E-state index is 12.5. The lowest BCUT2D eigenvalue weighted by atomic mass is 10.2. The molecule has 2 N–H and O–H groups in total. The molecule has 116 valence electrons. The number of nitrogens with zero attached hydrogens (tertiary/aromatic N) is 1. The summed E-state index contributed by atoms with van der Waals surface area (Å²) in [7, 11) is 1.63. The first-order valence-electron chi connectivity index (χ1n) is 7.55. The van der Waals surface area contributed by atoms with Crippen LogP contribution in [0.25, 0.3) is 0 Å². The topological polar surface area (TPSA) is 53.6 Å². The highest BCUT2D eigenvalue weighted by atomic mass is 16.5. The number of methoxy groups -OCH3 is 1. The minimum Gasteiger partial charge on any atom is -0.497 e. The zero-order chi connectivity index (χ0) is 15.2. The number of benzene rings is 1. The molecular weight excluding hydrogens is 266 g/mol. The summed E-state index contributed by atoms with van der Waals surface area (Å²) in [6.07, 6.45) is 2.33. The standard InChI is InChI=1S/C16H25N3O2/c1-12(2)19(11-14-5-4-10-17-14)16(20)18-13-6-8-15(21-3)9-7-13/h6-9,12,14,17H,4-5,10-11H2,1-3H3,(H,18,20). The van der Waals surface area contributed by atoms with E-state index in [2.05, 4.69) is 10.6 Å². The fourth-order valence-corrected chi connectivity index (χ4v) is 2.55. The molecule has 0 bridgehead atoms. The van der Waals surface area contributed by atoms with Gasteiger partial charge in [-0.15, -0.1) is 0 Å². The number of anilines is 1. The van der Waals surface area contributed by atoms with Gasteiger partial charge in [-0.3, -0.25) is 0 Å². The Labute approximate surface area is 126 Å². The number of hydrogen-bond donors (Lipinski definition) is 2. The number of ether oxygens (including phenoxy) is 1. The average molecular weight is 291 g/mol. The molecule has 1 aliphatic heterocycles. The van der Waals surface area contributed by atoms with Gasteiger partial charge in [0.25, 0.3) is 0 Å².